The zero-order valence-corrected chi connectivity index (χ0v) is 11.7. The number of rotatable bonds is 0. The summed E-state index contributed by atoms with van der Waals surface area (Å²) in [5.41, 5.74) is 1.91. The van der Waals surface area contributed by atoms with Crippen LogP contribution in [-0.2, 0) is 0 Å². The highest BCUT2D eigenvalue weighted by atomic mass is 16.3. The third-order valence-electron chi connectivity index (χ3n) is 2.72. The lowest BCUT2D eigenvalue weighted by atomic mass is 10.3. The molecule has 2 heterocycles. The topological polar surface area (TPSA) is 26.3 Å². The summed E-state index contributed by atoms with van der Waals surface area (Å²) in [5.74, 6) is 0. The largest absolute Gasteiger partial charge is 0.464 e. The van der Waals surface area contributed by atoms with Crippen LogP contribution in [0.5, 0.6) is 0 Å². The molecule has 2 heteroatoms. The zero-order chi connectivity index (χ0) is 14.2. The summed E-state index contributed by atoms with van der Waals surface area (Å²) < 4.78 is 10.2. The summed E-state index contributed by atoms with van der Waals surface area (Å²) in [5, 5.41) is 2.33. The van der Waals surface area contributed by atoms with Gasteiger partial charge in [-0.1, -0.05) is 50.2 Å². The number of para-hydroxylation sites is 2. The van der Waals surface area contributed by atoms with E-state index in [1.165, 1.54) is 0 Å². The van der Waals surface area contributed by atoms with Crippen LogP contribution in [-0.4, -0.2) is 0 Å². The first-order chi connectivity index (χ1) is 9.93. The molecule has 0 aliphatic heterocycles. The predicted octanol–water partition coefficient (Wildman–Crippen LogP) is 5.89. The lowest BCUT2D eigenvalue weighted by Gasteiger charge is -1.81. The Balaban J connectivity index is 0.000000131. The van der Waals surface area contributed by atoms with Crippen molar-refractivity contribution in [1.82, 2.24) is 0 Å². The standard InChI is InChI=1S/2C8H6O.C2H6/c2*1-2-4-8-7(3-1)5-6-9-8;1-2/h2*1-6H;1-2H3. The van der Waals surface area contributed by atoms with Crippen LogP contribution < -0.4 is 0 Å². The van der Waals surface area contributed by atoms with E-state index >= 15 is 0 Å². The Hall–Kier alpha value is -2.48. The van der Waals surface area contributed by atoms with E-state index < -0.39 is 0 Å². The minimum atomic E-state index is 0.956. The minimum Gasteiger partial charge on any atom is -0.464 e. The van der Waals surface area contributed by atoms with E-state index in [2.05, 4.69) is 0 Å². The smallest absolute Gasteiger partial charge is 0.133 e. The summed E-state index contributed by atoms with van der Waals surface area (Å²) in [7, 11) is 0. The maximum absolute atomic E-state index is 5.12. The molecule has 4 aromatic rings. The van der Waals surface area contributed by atoms with Crippen LogP contribution in [0, 0.1) is 0 Å². The summed E-state index contributed by atoms with van der Waals surface area (Å²) in [4.78, 5) is 0. The van der Waals surface area contributed by atoms with Crippen molar-refractivity contribution >= 4 is 21.9 Å². The molecule has 20 heavy (non-hydrogen) atoms. The number of fused-ring (bicyclic) bond motifs is 2. The molecule has 0 spiro atoms. The molecule has 0 saturated carbocycles. The van der Waals surface area contributed by atoms with Crippen LogP contribution in [0.25, 0.3) is 21.9 Å². The van der Waals surface area contributed by atoms with Gasteiger partial charge in [0.15, 0.2) is 0 Å². The lowest BCUT2D eigenvalue weighted by Crippen LogP contribution is -1.57. The number of hydrogen-bond donors (Lipinski definition) is 0. The van der Waals surface area contributed by atoms with Crippen LogP contribution in [0.1, 0.15) is 13.8 Å². The molecule has 0 N–H and O–H groups in total. The second kappa shape index (κ2) is 7.19. The summed E-state index contributed by atoms with van der Waals surface area (Å²) in [6, 6.07) is 19.8. The molecule has 4 rings (SSSR count). The molecule has 0 amide bonds. The van der Waals surface area contributed by atoms with Crippen molar-refractivity contribution in [3.05, 3.63) is 73.2 Å². The van der Waals surface area contributed by atoms with Gasteiger partial charge in [-0.3, -0.25) is 0 Å². The van der Waals surface area contributed by atoms with E-state index in [9.17, 15) is 0 Å². The Labute approximate surface area is 118 Å². The Morgan fingerprint density at radius 3 is 1.35 bits per heavy atom. The minimum absolute atomic E-state index is 0.956. The molecule has 0 unspecified atom stereocenters. The van der Waals surface area contributed by atoms with Gasteiger partial charge in [0.1, 0.15) is 11.2 Å². The van der Waals surface area contributed by atoms with Crippen LogP contribution in [0.2, 0.25) is 0 Å². The fourth-order valence-electron chi connectivity index (χ4n) is 1.81. The van der Waals surface area contributed by atoms with Crippen LogP contribution in [0.15, 0.2) is 82.0 Å². The molecule has 0 aliphatic carbocycles. The molecule has 2 nitrogen and oxygen atoms in total. The van der Waals surface area contributed by atoms with Crippen molar-refractivity contribution in [2.24, 2.45) is 0 Å². The second-order valence-electron chi connectivity index (χ2n) is 3.92. The van der Waals surface area contributed by atoms with E-state index in [1.807, 2.05) is 74.5 Å². The van der Waals surface area contributed by atoms with E-state index in [1.54, 1.807) is 12.5 Å². The van der Waals surface area contributed by atoms with Crippen molar-refractivity contribution < 1.29 is 8.83 Å². The van der Waals surface area contributed by atoms with E-state index in [0.717, 1.165) is 21.9 Å². The van der Waals surface area contributed by atoms with Crippen molar-refractivity contribution in [3.8, 4) is 0 Å². The van der Waals surface area contributed by atoms with E-state index in [4.69, 9.17) is 8.83 Å². The van der Waals surface area contributed by atoms with Gasteiger partial charge < -0.3 is 8.83 Å². The van der Waals surface area contributed by atoms with Gasteiger partial charge in [-0.25, -0.2) is 0 Å². The highest BCUT2D eigenvalue weighted by Crippen LogP contribution is 2.13. The summed E-state index contributed by atoms with van der Waals surface area (Å²) in [6.45, 7) is 4.00. The highest BCUT2D eigenvalue weighted by molar-refractivity contribution is 5.77. The third-order valence-corrected chi connectivity index (χ3v) is 2.72. The Bertz CT molecular complexity index is 623. The second-order valence-corrected chi connectivity index (χ2v) is 3.92. The van der Waals surface area contributed by atoms with Crippen molar-refractivity contribution in [2.45, 2.75) is 13.8 Å². The van der Waals surface area contributed by atoms with Gasteiger partial charge in [-0.05, 0) is 24.3 Å². The van der Waals surface area contributed by atoms with Crippen LogP contribution >= 0.6 is 0 Å². The molecule has 0 saturated heterocycles. The molecule has 0 fully saturated rings. The molecule has 2 aromatic heterocycles. The summed E-state index contributed by atoms with van der Waals surface area (Å²) in [6.07, 6.45) is 3.40. The average molecular weight is 266 g/mol. The molecule has 0 atom stereocenters. The van der Waals surface area contributed by atoms with Crippen LogP contribution in [0.3, 0.4) is 0 Å². The highest BCUT2D eigenvalue weighted by Gasteiger charge is 1.90. The van der Waals surface area contributed by atoms with Crippen LogP contribution in [0.4, 0.5) is 0 Å². The fraction of sp³-hybridized carbons (Fsp3) is 0.111. The molecule has 0 aliphatic rings. The van der Waals surface area contributed by atoms with Gasteiger partial charge in [0, 0.05) is 10.8 Å². The zero-order valence-electron chi connectivity index (χ0n) is 11.7. The lowest BCUT2D eigenvalue weighted by molar-refractivity contribution is 0.615. The number of hydrogen-bond acceptors (Lipinski definition) is 2. The number of furan rings is 2. The fourth-order valence-corrected chi connectivity index (χ4v) is 1.81. The molecule has 0 bridgehead atoms. The van der Waals surface area contributed by atoms with Gasteiger partial charge in [0.05, 0.1) is 12.5 Å². The first kappa shape index (κ1) is 13.9. The number of benzene rings is 2. The van der Waals surface area contributed by atoms with Gasteiger partial charge in [-0.2, -0.15) is 0 Å². The first-order valence-electron chi connectivity index (χ1n) is 6.78. The monoisotopic (exact) mass is 266 g/mol. The summed E-state index contributed by atoms with van der Waals surface area (Å²) >= 11 is 0. The Kier molecular flexibility index (Phi) is 5.01. The van der Waals surface area contributed by atoms with Gasteiger partial charge in [0.25, 0.3) is 0 Å². The van der Waals surface area contributed by atoms with Crippen molar-refractivity contribution in [2.75, 3.05) is 0 Å². The molecule has 0 radical (unpaired) electrons. The van der Waals surface area contributed by atoms with Crippen molar-refractivity contribution in [1.29, 1.82) is 0 Å². The van der Waals surface area contributed by atoms with Gasteiger partial charge >= 0.3 is 0 Å². The molecule has 2 aromatic carbocycles. The Morgan fingerprint density at radius 1 is 0.550 bits per heavy atom. The average Bonchev–Trinajstić information content (AvgIpc) is 3.18. The molecular formula is C18H18O2. The van der Waals surface area contributed by atoms with E-state index in [0.29, 0.717) is 0 Å². The van der Waals surface area contributed by atoms with Gasteiger partial charge in [0.2, 0.25) is 0 Å². The molecular weight excluding hydrogens is 248 g/mol. The van der Waals surface area contributed by atoms with Gasteiger partial charge in [-0.15, -0.1) is 0 Å². The molecule has 102 valence electrons. The third kappa shape index (κ3) is 3.29. The van der Waals surface area contributed by atoms with E-state index in [-0.39, 0.29) is 0 Å². The Morgan fingerprint density at radius 2 is 0.950 bits per heavy atom. The normalized spacial score (nSPS) is 9.50. The maximum Gasteiger partial charge on any atom is 0.133 e. The van der Waals surface area contributed by atoms with Crippen molar-refractivity contribution in [3.63, 3.8) is 0 Å². The predicted molar refractivity (Wildman–Crippen MR) is 83.8 cm³/mol. The first-order valence-corrected chi connectivity index (χ1v) is 6.78. The quantitative estimate of drug-likeness (QED) is 0.396. The maximum atomic E-state index is 5.12. The SMILES string of the molecule is CC.c1ccc2occc2c1.c1ccc2occc2c1.